The van der Waals surface area contributed by atoms with Crippen molar-refractivity contribution in [1.82, 2.24) is 0 Å². The van der Waals surface area contributed by atoms with Crippen LogP contribution in [-0.4, -0.2) is 0 Å². The predicted molar refractivity (Wildman–Crippen MR) is 60.8 cm³/mol. The molecule has 0 rings (SSSR count). The van der Waals surface area contributed by atoms with Gasteiger partial charge in [-0.25, -0.2) is 0 Å². The zero-order valence-corrected chi connectivity index (χ0v) is 11.0. The van der Waals surface area contributed by atoms with Crippen LogP contribution in [0.15, 0.2) is 0 Å². The number of unbranched alkanes of at least 4 members (excludes halogenated alkanes) is 3. The van der Waals surface area contributed by atoms with Crippen LogP contribution in [0, 0.1) is 20.8 Å². The molecule has 0 aliphatic heterocycles. The van der Waals surface area contributed by atoms with Crippen LogP contribution >= 0.6 is 0 Å². The molecular formula is C12H27Cr. The van der Waals surface area contributed by atoms with Gasteiger partial charge in [0.1, 0.15) is 0 Å². The predicted octanol–water partition coefficient (Wildman–Crippen LogP) is 4.86. The molecule has 0 aromatic carbocycles. The summed E-state index contributed by atoms with van der Waals surface area (Å²) >= 11 is 0. The number of hydrogen-bond acceptors (Lipinski definition) is 0. The molecule has 0 N–H and O–H groups in total. The largest absolute Gasteiger partial charge is 3.00 e. The van der Waals surface area contributed by atoms with E-state index in [4.69, 9.17) is 0 Å². The van der Waals surface area contributed by atoms with E-state index in [1.54, 1.807) is 0 Å². The Morgan fingerprint density at radius 3 is 0.692 bits per heavy atom. The van der Waals surface area contributed by atoms with Gasteiger partial charge in [-0.2, -0.15) is 19.3 Å². The SMILES string of the molecule is [CH2-]CCC.[CH2-]CCC.[CH2-]CCC.[Cr+3]. The van der Waals surface area contributed by atoms with E-state index in [0.29, 0.717) is 0 Å². The Balaban J connectivity index is -0.0000000450. The maximum atomic E-state index is 3.60. The minimum Gasteiger partial charge on any atom is -0.343 e. The Hall–Kier alpha value is 0.532. The first-order chi connectivity index (χ1) is 5.74. The van der Waals surface area contributed by atoms with Crippen molar-refractivity contribution in [3.05, 3.63) is 20.8 Å². The average molecular weight is 223 g/mol. The molecule has 0 bridgehead atoms. The Bertz CT molecular complexity index is 20.6. The first-order valence-electron chi connectivity index (χ1n) is 5.12. The van der Waals surface area contributed by atoms with Crippen LogP contribution in [0.2, 0.25) is 0 Å². The summed E-state index contributed by atoms with van der Waals surface area (Å²) in [6, 6.07) is 0. The third kappa shape index (κ3) is 111. The standard InChI is InChI=1S/3C4H9.Cr/c3*1-3-4-2;/h3*1,3-4H2,2H3;/q3*-1;+3. The molecule has 81 valence electrons. The van der Waals surface area contributed by atoms with Crippen LogP contribution in [0.5, 0.6) is 0 Å². The molecule has 0 unspecified atom stereocenters. The summed E-state index contributed by atoms with van der Waals surface area (Å²) < 4.78 is 0. The van der Waals surface area contributed by atoms with Gasteiger partial charge < -0.3 is 20.8 Å². The van der Waals surface area contributed by atoms with Gasteiger partial charge >= 0.3 is 17.4 Å². The molecule has 13 heavy (non-hydrogen) atoms. The van der Waals surface area contributed by atoms with Gasteiger partial charge in [0.05, 0.1) is 0 Å². The topological polar surface area (TPSA) is 0 Å². The van der Waals surface area contributed by atoms with Crippen LogP contribution in [0.25, 0.3) is 0 Å². The van der Waals surface area contributed by atoms with Crippen molar-refractivity contribution in [3.8, 4) is 0 Å². The van der Waals surface area contributed by atoms with Crippen LogP contribution < -0.4 is 0 Å². The van der Waals surface area contributed by atoms with E-state index in [1.165, 1.54) is 19.3 Å². The van der Waals surface area contributed by atoms with Gasteiger partial charge in [-0.05, 0) is 0 Å². The van der Waals surface area contributed by atoms with Crippen LogP contribution in [-0.2, 0) is 17.4 Å². The molecule has 0 aliphatic carbocycles. The molecule has 0 spiro atoms. The van der Waals surface area contributed by atoms with E-state index in [9.17, 15) is 0 Å². The van der Waals surface area contributed by atoms with E-state index in [1.807, 2.05) is 0 Å². The van der Waals surface area contributed by atoms with E-state index in [2.05, 4.69) is 41.5 Å². The quantitative estimate of drug-likeness (QED) is 0.599. The minimum atomic E-state index is 0. The maximum absolute atomic E-state index is 3.60. The number of rotatable bonds is 3. The maximum Gasteiger partial charge on any atom is 3.00 e. The second kappa shape index (κ2) is 39.1. The van der Waals surface area contributed by atoms with Gasteiger partial charge in [0.2, 0.25) is 0 Å². The first kappa shape index (κ1) is 23.4. The second-order valence-electron chi connectivity index (χ2n) is 2.56. The van der Waals surface area contributed by atoms with Crippen LogP contribution in [0.3, 0.4) is 0 Å². The van der Waals surface area contributed by atoms with E-state index in [0.717, 1.165) is 19.3 Å². The fraction of sp³-hybridized carbons (Fsp3) is 0.750. The Morgan fingerprint density at radius 1 is 0.615 bits per heavy atom. The molecule has 0 atom stereocenters. The van der Waals surface area contributed by atoms with Crippen molar-refractivity contribution in [2.24, 2.45) is 0 Å². The van der Waals surface area contributed by atoms with Crippen molar-refractivity contribution >= 4 is 0 Å². The summed E-state index contributed by atoms with van der Waals surface area (Å²) in [5.74, 6) is 0. The summed E-state index contributed by atoms with van der Waals surface area (Å²) in [5, 5.41) is 0. The van der Waals surface area contributed by atoms with Crippen molar-refractivity contribution in [3.63, 3.8) is 0 Å². The van der Waals surface area contributed by atoms with Gasteiger partial charge in [-0.1, -0.05) is 40.0 Å². The molecule has 0 aromatic rings. The smallest absolute Gasteiger partial charge is 0.343 e. The molecule has 0 heterocycles. The normalized spacial score (nSPS) is 6.92. The molecule has 0 saturated heterocycles. The molecule has 0 amide bonds. The molecule has 0 saturated carbocycles. The van der Waals surface area contributed by atoms with Crippen LogP contribution in [0.1, 0.15) is 59.3 Å². The molecule has 1 heteroatoms. The summed E-state index contributed by atoms with van der Waals surface area (Å²) in [6.45, 7) is 17.2. The third-order valence-electron chi connectivity index (χ3n) is 1.06. The Morgan fingerprint density at radius 2 is 0.692 bits per heavy atom. The van der Waals surface area contributed by atoms with Crippen molar-refractivity contribution in [2.75, 3.05) is 0 Å². The van der Waals surface area contributed by atoms with Gasteiger partial charge in [0.25, 0.3) is 0 Å². The summed E-state index contributed by atoms with van der Waals surface area (Å²) in [6.07, 6.45) is 6.83. The van der Waals surface area contributed by atoms with E-state index >= 15 is 0 Å². The zero-order chi connectivity index (χ0) is 10.2. The molecular weight excluding hydrogens is 196 g/mol. The van der Waals surface area contributed by atoms with Crippen molar-refractivity contribution in [1.29, 1.82) is 0 Å². The summed E-state index contributed by atoms with van der Waals surface area (Å²) in [5.41, 5.74) is 0. The monoisotopic (exact) mass is 223 g/mol. The molecule has 0 fully saturated rings. The van der Waals surface area contributed by atoms with Crippen molar-refractivity contribution < 1.29 is 17.4 Å². The fourth-order valence-corrected chi connectivity index (χ4v) is 0. The average Bonchev–Trinajstić information content (AvgIpc) is 2.18. The molecule has 0 aliphatic rings. The van der Waals surface area contributed by atoms with Gasteiger partial charge in [-0.15, -0.1) is 0 Å². The van der Waals surface area contributed by atoms with Crippen LogP contribution in [0.4, 0.5) is 0 Å². The fourth-order valence-electron chi connectivity index (χ4n) is 0. The molecule has 0 aromatic heterocycles. The summed E-state index contributed by atoms with van der Waals surface area (Å²) in [7, 11) is 0. The zero-order valence-electron chi connectivity index (χ0n) is 9.77. The summed E-state index contributed by atoms with van der Waals surface area (Å²) in [4.78, 5) is 0. The van der Waals surface area contributed by atoms with E-state index in [-0.39, 0.29) is 17.4 Å². The van der Waals surface area contributed by atoms with Gasteiger partial charge in [0.15, 0.2) is 0 Å². The third-order valence-corrected chi connectivity index (χ3v) is 1.06. The van der Waals surface area contributed by atoms with Crippen molar-refractivity contribution in [2.45, 2.75) is 59.3 Å². The minimum absolute atomic E-state index is 0. The Kier molecular flexibility index (Phi) is 70.3. The molecule has 0 nitrogen and oxygen atoms in total. The number of hydrogen-bond donors (Lipinski definition) is 0. The second-order valence-corrected chi connectivity index (χ2v) is 2.56. The van der Waals surface area contributed by atoms with Gasteiger partial charge in [-0.3, -0.25) is 0 Å². The van der Waals surface area contributed by atoms with E-state index < -0.39 is 0 Å². The molecule has 1 radical (unpaired) electrons. The first-order valence-corrected chi connectivity index (χ1v) is 5.12. The van der Waals surface area contributed by atoms with Gasteiger partial charge in [0, 0.05) is 0 Å². The Labute approximate surface area is 97.6 Å².